The van der Waals surface area contributed by atoms with Crippen LogP contribution in [0, 0.1) is 5.92 Å². The van der Waals surface area contributed by atoms with Crippen LogP contribution in [0.3, 0.4) is 0 Å². The molecule has 0 aromatic heterocycles. The largest absolute Gasteiger partial charge is 0.338 e. The van der Waals surface area contributed by atoms with Gasteiger partial charge in [-0.05, 0) is 35.2 Å². The lowest BCUT2D eigenvalue weighted by atomic mass is 10.1. The first kappa shape index (κ1) is 13.4. The highest BCUT2D eigenvalue weighted by Crippen LogP contribution is 2.18. The lowest BCUT2D eigenvalue weighted by Gasteiger charge is -2.09. The minimum absolute atomic E-state index is 0.143. The van der Waals surface area contributed by atoms with Gasteiger partial charge in [0.2, 0.25) is 0 Å². The zero-order chi connectivity index (χ0) is 13.7. The van der Waals surface area contributed by atoms with Crippen molar-refractivity contribution in [3.63, 3.8) is 0 Å². The molecular formula is C16H20N2O. The normalized spacial score (nSPS) is 10.7. The second-order valence-electron chi connectivity index (χ2n) is 5.13. The molecule has 2 aromatic carbocycles. The Morgan fingerprint density at radius 2 is 1.84 bits per heavy atom. The van der Waals surface area contributed by atoms with Crippen LogP contribution in [-0.4, -0.2) is 12.6 Å². The molecule has 0 bridgehead atoms. The van der Waals surface area contributed by atoms with Crippen molar-refractivity contribution in [1.29, 1.82) is 0 Å². The van der Waals surface area contributed by atoms with E-state index in [0.29, 0.717) is 12.5 Å². The monoisotopic (exact) mass is 256 g/mol. The van der Waals surface area contributed by atoms with Gasteiger partial charge in [-0.2, -0.15) is 0 Å². The van der Waals surface area contributed by atoms with Crippen LogP contribution >= 0.6 is 0 Å². The number of nitrogens with one attached hydrogen (secondary N) is 2. The number of fused-ring (bicyclic) bond motifs is 1. The van der Waals surface area contributed by atoms with E-state index < -0.39 is 0 Å². The molecule has 0 fully saturated rings. The Kier molecular flexibility index (Phi) is 4.39. The molecule has 0 heterocycles. The molecule has 0 saturated carbocycles. The van der Waals surface area contributed by atoms with E-state index in [1.165, 1.54) is 5.39 Å². The summed E-state index contributed by atoms with van der Waals surface area (Å²) in [5.74, 6) is 0.598. The molecule has 0 aliphatic carbocycles. The van der Waals surface area contributed by atoms with Crippen molar-refractivity contribution in [3.8, 4) is 0 Å². The standard InChI is InChI=1S/C16H20N2O/c1-12(2)9-10-17-16(19)18-15-8-7-13-5-3-4-6-14(13)11-15/h3-8,11-12H,9-10H2,1-2H3,(H2,17,18,19). The maximum atomic E-state index is 11.7. The van der Waals surface area contributed by atoms with Gasteiger partial charge < -0.3 is 10.6 Å². The van der Waals surface area contributed by atoms with E-state index in [2.05, 4.69) is 30.5 Å². The minimum atomic E-state index is -0.143. The molecular weight excluding hydrogens is 236 g/mol. The highest BCUT2D eigenvalue weighted by atomic mass is 16.2. The highest BCUT2D eigenvalue weighted by Gasteiger charge is 2.02. The summed E-state index contributed by atoms with van der Waals surface area (Å²) < 4.78 is 0. The summed E-state index contributed by atoms with van der Waals surface area (Å²) in [6.45, 7) is 4.99. The fraction of sp³-hybridized carbons (Fsp3) is 0.312. The zero-order valence-electron chi connectivity index (χ0n) is 11.4. The first-order valence-electron chi connectivity index (χ1n) is 6.69. The SMILES string of the molecule is CC(C)CCNC(=O)Nc1ccc2ccccc2c1. The van der Waals surface area contributed by atoms with Crippen molar-refractivity contribution in [2.45, 2.75) is 20.3 Å². The molecule has 0 spiro atoms. The van der Waals surface area contributed by atoms with Crippen LogP contribution in [0.2, 0.25) is 0 Å². The Morgan fingerprint density at radius 1 is 1.11 bits per heavy atom. The summed E-state index contributed by atoms with van der Waals surface area (Å²) in [4.78, 5) is 11.7. The van der Waals surface area contributed by atoms with Crippen molar-refractivity contribution in [2.24, 2.45) is 5.92 Å². The van der Waals surface area contributed by atoms with Crippen LogP contribution < -0.4 is 10.6 Å². The third-order valence-electron chi connectivity index (χ3n) is 3.01. The van der Waals surface area contributed by atoms with E-state index in [9.17, 15) is 4.79 Å². The molecule has 0 unspecified atom stereocenters. The van der Waals surface area contributed by atoms with E-state index in [1.807, 2.05) is 36.4 Å². The topological polar surface area (TPSA) is 41.1 Å². The number of hydrogen-bond acceptors (Lipinski definition) is 1. The molecule has 0 atom stereocenters. The fourth-order valence-electron chi connectivity index (χ4n) is 1.92. The van der Waals surface area contributed by atoms with Gasteiger partial charge in [0.25, 0.3) is 0 Å². The number of carbonyl (C=O) groups excluding carboxylic acids is 1. The molecule has 3 nitrogen and oxygen atoms in total. The molecule has 19 heavy (non-hydrogen) atoms. The summed E-state index contributed by atoms with van der Waals surface area (Å²) in [6, 6.07) is 13.9. The van der Waals surface area contributed by atoms with Gasteiger partial charge in [0.05, 0.1) is 0 Å². The Labute approximate surface area is 114 Å². The predicted octanol–water partition coefficient (Wildman–Crippen LogP) is 4.01. The van der Waals surface area contributed by atoms with Crippen molar-refractivity contribution < 1.29 is 4.79 Å². The first-order valence-corrected chi connectivity index (χ1v) is 6.69. The van der Waals surface area contributed by atoms with Crippen LogP contribution in [0.4, 0.5) is 10.5 Å². The average Bonchev–Trinajstić information content (AvgIpc) is 2.38. The second-order valence-corrected chi connectivity index (χ2v) is 5.13. The summed E-state index contributed by atoms with van der Waals surface area (Å²) in [5.41, 5.74) is 0.820. The van der Waals surface area contributed by atoms with Crippen LogP contribution in [0.25, 0.3) is 10.8 Å². The number of hydrogen-bond donors (Lipinski definition) is 2. The van der Waals surface area contributed by atoms with Gasteiger partial charge >= 0.3 is 6.03 Å². The van der Waals surface area contributed by atoms with Crippen molar-refractivity contribution in [1.82, 2.24) is 5.32 Å². The van der Waals surface area contributed by atoms with Crippen LogP contribution in [0.5, 0.6) is 0 Å². The number of rotatable bonds is 4. The summed E-state index contributed by atoms with van der Waals surface area (Å²) in [6.07, 6.45) is 0.991. The van der Waals surface area contributed by atoms with Crippen molar-refractivity contribution in [3.05, 3.63) is 42.5 Å². The number of amides is 2. The lowest BCUT2D eigenvalue weighted by Crippen LogP contribution is -2.30. The Hall–Kier alpha value is -2.03. The first-order chi connectivity index (χ1) is 9.15. The second kappa shape index (κ2) is 6.23. The molecule has 100 valence electrons. The highest BCUT2D eigenvalue weighted by molar-refractivity contribution is 5.93. The molecule has 2 amide bonds. The molecule has 0 aliphatic rings. The molecule has 0 saturated heterocycles. The lowest BCUT2D eigenvalue weighted by molar-refractivity contribution is 0.251. The van der Waals surface area contributed by atoms with Gasteiger partial charge in [-0.25, -0.2) is 4.79 Å². The van der Waals surface area contributed by atoms with Crippen molar-refractivity contribution >= 4 is 22.5 Å². The Balaban J connectivity index is 1.95. The summed E-state index contributed by atoms with van der Waals surface area (Å²) in [7, 11) is 0. The fourth-order valence-corrected chi connectivity index (χ4v) is 1.92. The van der Waals surface area contributed by atoms with Gasteiger partial charge in [-0.1, -0.05) is 44.2 Å². The van der Waals surface area contributed by atoms with Crippen LogP contribution in [0.1, 0.15) is 20.3 Å². The van der Waals surface area contributed by atoms with Gasteiger partial charge in [-0.15, -0.1) is 0 Å². The molecule has 2 aromatic rings. The number of anilines is 1. The van der Waals surface area contributed by atoms with Crippen molar-refractivity contribution in [2.75, 3.05) is 11.9 Å². The maximum absolute atomic E-state index is 11.7. The van der Waals surface area contributed by atoms with Crippen LogP contribution in [0.15, 0.2) is 42.5 Å². The van der Waals surface area contributed by atoms with E-state index in [-0.39, 0.29) is 6.03 Å². The van der Waals surface area contributed by atoms with E-state index in [4.69, 9.17) is 0 Å². The molecule has 2 rings (SSSR count). The maximum Gasteiger partial charge on any atom is 0.319 e. The molecule has 0 aliphatic heterocycles. The average molecular weight is 256 g/mol. The van der Waals surface area contributed by atoms with Gasteiger partial charge in [0.15, 0.2) is 0 Å². The number of benzene rings is 2. The van der Waals surface area contributed by atoms with E-state index in [0.717, 1.165) is 17.5 Å². The summed E-state index contributed by atoms with van der Waals surface area (Å²) >= 11 is 0. The quantitative estimate of drug-likeness (QED) is 0.852. The van der Waals surface area contributed by atoms with Gasteiger partial charge in [0.1, 0.15) is 0 Å². The van der Waals surface area contributed by atoms with Gasteiger partial charge in [0, 0.05) is 12.2 Å². The Morgan fingerprint density at radius 3 is 2.58 bits per heavy atom. The van der Waals surface area contributed by atoms with Crippen LogP contribution in [-0.2, 0) is 0 Å². The third-order valence-corrected chi connectivity index (χ3v) is 3.01. The van der Waals surface area contributed by atoms with E-state index >= 15 is 0 Å². The summed E-state index contributed by atoms with van der Waals surface area (Å²) in [5, 5.41) is 8.02. The molecule has 0 radical (unpaired) electrons. The van der Waals surface area contributed by atoms with Gasteiger partial charge in [-0.3, -0.25) is 0 Å². The molecule has 2 N–H and O–H groups in total. The predicted molar refractivity (Wildman–Crippen MR) is 80.4 cm³/mol. The smallest absolute Gasteiger partial charge is 0.319 e. The minimum Gasteiger partial charge on any atom is -0.338 e. The molecule has 3 heteroatoms. The third kappa shape index (κ3) is 3.98. The Bertz CT molecular complexity index is 563. The van der Waals surface area contributed by atoms with E-state index in [1.54, 1.807) is 0 Å². The number of urea groups is 1. The zero-order valence-corrected chi connectivity index (χ0v) is 11.4. The number of carbonyl (C=O) groups is 1.